The van der Waals surface area contributed by atoms with Crippen LogP contribution in [0.15, 0.2) is 12.3 Å². The predicted molar refractivity (Wildman–Crippen MR) is 63.8 cm³/mol. The summed E-state index contributed by atoms with van der Waals surface area (Å²) in [5.74, 6) is 0.139. The molecule has 0 bridgehead atoms. The Bertz CT molecular complexity index is 503. The highest BCUT2D eigenvalue weighted by Crippen LogP contribution is 2.49. The number of rotatable bonds is 1. The lowest BCUT2D eigenvalue weighted by molar-refractivity contribution is -0.385. The maximum absolute atomic E-state index is 11.8. The molecule has 2 rings (SSSR count). The lowest BCUT2D eigenvalue weighted by Crippen LogP contribution is -2.29. The molecule has 2 heterocycles. The van der Waals surface area contributed by atoms with Gasteiger partial charge in [0, 0.05) is 18.7 Å². The van der Waals surface area contributed by atoms with E-state index in [0.717, 1.165) is 6.20 Å². The van der Waals surface area contributed by atoms with Crippen LogP contribution in [0.25, 0.3) is 0 Å². The molecule has 0 atom stereocenters. The van der Waals surface area contributed by atoms with Gasteiger partial charge in [-0.2, -0.15) is 0 Å². The van der Waals surface area contributed by atoms with E-state index in [0.29, 0.717) is 11.4 Å². The third kappa shape index (κ3) is 1.44. The molecule has 0 saturated carbocycles. The summed E-state index contributed by atoms with van der Waals surface area (Å²) in [6.45, 7) is 0. The molecule has 6 nitrogen and oxygen atoms in total. The van der Waals surface area contributed by atoms with E-state index in [1.807, 2.05) is 0 Å². The molecule has 1 aliphatic rings. The van der Waals surface area contributed by atoms with Gasteiger partial charge in [0.15, 0.2) is 3.23 Å². The molecule has 0 radical (unpaired) electrons. The van der Waals surface area contributed by atoms with E-state index >= 15 is 0 Å². The zero-order chi connectivity index (χ0) is 12.1. The summed E-state index contributed by atoms with van der Waals surface area (Å²) in [6.07, 6.45) is 1.13. The number of hydrogen-bond acceptors (Lipinski definition) is 4. The van der Waals surface area contributed by atoms with Crippen molar-refractivity contribution in [2.75, 3.05) is 11.9 Å². The Labute approximate surface area is 107 Å². The quantitative estimate of drug-likeness (QED) is 0.440. The minimum absolute atomic E-state index is 0.148. The zero-order valence-corrected chi connectivity index (χ0v) is 11.1. The average molecular weight is 351 g/mol. The highest BCUT2D eigenvalue weighted by atomic mass is 79.9. The summed E-state index contributed by atoms with van der Waals surface area (Å²) in [6, 6.07) is 1.33. The Balaban J connectivity index is 2.65. The number of halogens is 2. The predicted octanol–water partition coefficient (Wildman–Crippen LogP) is 1.91. The van der Waals surface area contributed by atoms with Gasteiger partial charge in [-0.05, 0) is 0 Å². The molecule has 1 aromatic heterocycles. The molecule has 0 fully saturated rings. The van der Waals surface area contributed by atoms with Crippen molar-refractivity contribution in [3.8, 4) is 0 Å². The van der Waals surface area contributed by atoms with E-state index in [1.165, 1.54) is 11.0 Å². The summed E-state index contributed by atoms with van der Waals surface area (Å²) in [5, 5.41) is 10.6. The number of carbonyl (C=O) groups is 1. The van der Waals surface area contributed by atoms with Crippen LogP contribution in [0, 0.1) is 10.1 Å². The van der Waals surface area contributed by atoms with Crippen molar-refractivity contribution in [2.24, 2.45) is 0 Å². The van der Waals surface area contributed by atoms with Crippen LogP contribution >= 0.6 is 31.9 Å². The average Bonchev–Trinajstić information content (AvgIpc) is 2.40. The van der Waals surface area contributed by atoms with Gasteiger partial charge in [-0.25, -0.2) is 4.98 Å². The number of hydrogen-bond donors (Lipinski definition) is 0. The van der Waals surface area contributed by atoms with Crippen LogP contribution in [0.4, 0.5) is 11.5 Å². The highest BCUT2D eigenvalue weighted by Gasteiger charge is 2.47. The number of alkyl halides is 2. The number of nitro groups is 1. The number of fused-ring (bicyclic) bond motifs is 1. The number of nitrogens with zero attached hydrogens (tertiary/aromatic N) is 3. The summed E-state index contributed by atoms with van der Waals surface area (Å²) in [5.41, 5.74) is 0.291. The van der Waals surface area contributed by atoms with Gasteiger partial charge in [-0.3, -0.25) is 19.8 Å². The van der Waals surface area contributed by atoms with Crippen molar-refractivity contribution in [1.82, 2.24) is 4.98 Å². The normalized spacial score (nSPS) is 17.4. The van der Waals surface area contributed by atoms with Crippen molar-refractivity contribution in [3.05, 3.63) is 27.9 Å². The second-order valence-electron chi connectivity index (χ2n) is 3.26. The molecule has 84 valence electrons. The maximum Gasteiger partial charge on any atom is 0.288 e. The molecule has 16 heavy (non-hydrogen) atoms. The number of aromatic nitrogens is 1. The first-order valence-electron chi connectivity index (χ1n) is 4.16. The lowest BCUT2D eigenvalue weighted by Gasteiger charge is -2.11. The SMILES string of the molecule is CN1C(=O)C(Br)(Br)c2cc([N+](=O)[O-])cnc21. The third-order valence-electron chi connectivity index (χ3n) is 2.29. The zero-order valence-electron chi connectivity index (χ0n) is 7.98. The smallest absolute Gasteiger partial charge is 0.288 e. The molecule has 0 N–H and O–H groups in total. The Kier molecular flexibility index (Phi) is 2.50. The van der Waals surface area contributed by atoms with Crippen LogP contribution in [-0.2, 0) is 8.03 Å². The van der Waals surface area contributed by atoms with Gasteiger partial charge in [0.25, 0.3) is 11.6 Å². The van der Waals surface area contributed by atoms with Crippen molar-refractivity contribution in [2.45, 2.75) is 3.23 Å². The Morgan fingerprint density at radius 1 is 1.56 bits per heavy atom. The molecule has 1 aliphatic heterocycles. The highest BCUT2D eigenvalue weighted by molar-refractivity contribution is 9.25. The molecule has 0 saturated heterocycles. The standard InChI is InChI=1S/C8H5Br2N3O3/c1-12-6-5(8(9,10)7(12)14)2-4(3-11-6)13(15)16/h2-3H,1H3. The fourth-order valence-electron chi connectivity index (χ4n) is 1.47. The van der Waals surface area contributed by atoms with Gasteiger partial charge in [-0.1, -0.05) is 31.9 Å². The molecule has 1 aromatic rings. The molecule has 0 aliphatic carbocycles. The molecule has 1 amide bonds. The number of amides is 1. The number of pyridine rings is 1. The first-order valence-corrected chi connectivity index (χ1v) is 5.75. The third-order valence-corrected chi connectivity index (χ3v) is 3.82. The Morgan fingerprint density at radius 2 is 2.19 bits per heavy atom. The molecular weight excluding hydrogens is 346 g/mol. The Hall–Kier alpha value is -1.02. The Morgan fingerprint density at radius 3 is 2.75 bits per heavy atom. The molecular formula is C8H5Br2N3O3. The number of likely N-dealkylation sites (N-methyl/N-ethyl adjacent to an activating group) is 1. The summed E-state index contributed by atoms with van der Waals surface area (Å²) >= 11 is 6.39. The maximum atomic E-state index is 11.8. The minimum Gasteiger partial charge on any atom is -0.297 e. The van der Waals surface area contributed by atoms with E-state index in [1.54, 1.807) is 7.05 Å². The summed E-state index contributed by atoms with van der Waals surface area (Å²) < 4.78 is -1.12. The first-order chi connectivity index (χ1) is 7.35. The van der Waals surface area contributed by atoms with E-state index < -0.39 is 8.16 Å². The van der Waals surface area contributed by atoms with Crippen LogP contribution in [0.1, 0.15) is 5.56 Å². The number of anilines is 1. The van der Waals surface area contributed by atoms with Crippen molar-refractivity contribution < 1.29 is 9.72 Å². The summed E-state index contributed by atoms with van der Waals surface area (Å²) in [4.78, 5) is 27.1. The molecule has 0 unspecified atom stereocenters. The van der Waals surface area contributed by atoms with Crippen molar-refractivity contribution in [3.63, 3.8) is 0 Å². The number of carbonyl (C=O) groups excluding carboxylic acids is 1. The van der Waals surface area contributed by atoms with Gasteiger partial charge in [0.2, 0.25) is 0 Å². The van der Waals surface area contributed by atoms with Crippen molar-refractivity contribution in [1.29, 1.82) is 0 Å². The lowest BCUT2D eigenvalue weighted by atomic mass is 10.2. The first kappa shape index (κ1) is 11.5. The second-order valence-corrected chi connectivity index (χ2v) is 6.70. The fraction of sp³-hybridized carbons (Fsp3) is 0.250. The largest absolute Gasteiger partial charge is 0.297 e. The molecule has 0 spiro atoms. The second kappa shape index (κ2) is 3.49. The summed E-state index contributed by atoms with van der Waals surface area (Å²) in [7, 11) is 1.56. The van der Waals surface area contributed by atoms with Gasteiger partial charge in [-0.15, -0.1) is 0 Å². The van der Waals surface area contributed by atoms with E-state index in [9.17, 15) is 14.9 Å². The van der Waals surface area contributed by atoms with E-state index in [2.05, 4.69) is 36.8 Å². The van der Waals surface area contributed by atoms with E-state index in [4.69, 9.17) is 0 Å². The van der Waals surface area contributed by atoms with Gasteiger partial charge in [0.05, 0.1) is 4.92 Å². The van der Waals surface area contributed by atoms with Crippen LogP contribution < -0.4 is 4.90 Å². The van der Waals surface area contributed by atoms with Crippen molar-refractivity contribution >= 4 is 49.3 Å². The van der Waals surface area contributed by atoms with Gasteiger partial charge >= 0.3 is 0 Å². The van der Waals surface area contributed by atoms with Crippen LogP contribution in [0.5, 0.6) is 0 Å². The van der Waals surface area contributed by atoms with Gasteiger partial charge in [0.1, 0.15) is 12.0 Å². The van der Waals surface area contributed by atoms with Gasteiger partial charge < -0.3 is 0 Å². The monoisotopic (exact) mass is 349 g/mol. The van der Waals surface area contributed by atoms with Crippen LogP contribution in [0.2, 0.25) is 0 Å². The topological polar surface area (TPSA) is 76.3 Å². The van der Waals surface area contributed by atoms with Crippen LogP contribution in [-0.4, -0.2) is 22.9 Å². The van der Waals surface area contributed by atoms with Crippen LogP contribution in [0.3, 0.4) is 0 Å². The molecule has 0 aromatic carbocycles. The fourth-order valence-corrected chi connectivity index (χ4v) is 2.58. The minimum atomic E-state index is -1.12. The molecule has 8 heteroatoms. The van der Waals surface area contributed by atoms with E-state index in [-0.39, 0.29) is 11.6 Å².